The van der Waals surface area contributed by atoms with E-state index in [4.69, 9.17) is 0 Å². The summed E-state index contributed by atoms with van der Waals surface area (Å²) in [4.78, 5) is 10.5. The maximum absolute atomic E-state index is 10.5. The number of carbonyl (C=O) groups excluding carboxylic acids is 1. The van der Waals surface area contributed by atoms with E-state index >= 15 is 0 Å². The van der Waals surface area contributed by atoms with Crippen molar-refractivity contribution in [1.82, 2.24) is 5.32 Å². The first kappa shape index (κ1) is 7.43. The van der Waals surface area contributed by atoms with Gasteiger partial charge in [0, 0.05) is 1.43 Å². The molecule has 0 aromatic heterocycles. The molecule has 0 aliphatic rings. The molecule has 0 bridgehead atoms. The average molecular weight is 119 g/mol. The number of hydrogen-bond donors (Lipinski definition) is 1. The minimum Gasteiger partial charge on any atom is -0.468 e. The van der Waals surface area contributed by atoms with Gasteiger partial charge in [-0.15, -0.1) is 0 Å². The lowest BCUT2D eigenvalue weighted by Crippen LogP contribution is -2.31. The number of nitrogens with one attached hydrogen (secondary N) is 1. The molecule has 0 rings (SSSR count). The number of rotatable bonds is 2. The van der Waals surface area contributed by atoms with Crippen LogP contribution in [0.2, 0.25) is 0 Å². The van der Waals surface area contributed by atoms with Crippen molar-refractivity contribution in [3.8, 4) is 0 Å². The summed E-state index contributed by atoms with van der Waals surface area (Å²) >= 11 is 0. The molecule has 0 saturated heterocycles. The number of methoxy groups -OCH3 is 1. The summed E-state index contributed by atoms with van der Waals surface area (Å²) < 4.78 is 4.40. The number of likely N-dealkylation sites (N-methyl/N-ethyl adjacent to an activating group) is 1. The largest absolute Gasteiger partial charge is 0.468 e. The van der Waals surface area contributed by atoms with Crippen molar-refractivity contribution in [2.45, 2.75) is 13.0 Å². The zero-order valence-corrected chi connectivity index (χ0v) is 5.39. The van der Waals surface area contributed by atoms with E-state index in [2.05, 4.69) is 10.1 Å². The van der Waals surface area contributed by atoms with Crippen LogP contribution < -0.4 is 5.32 Å². The van der Waals surface area contributed by atoms with Crippen molar-refractivity contribution < 1.29 is 11.0 Å². The molecule has 0 heterocycles. The Morgan fingerprint density at radius 3 is 2.50 bits per heavy atom. The second-order valence-electron chi connectivity index (χ2n) is 1.53. The van der Waals surface area contributed by atoms with Crippen molar-refractivity contribution in [2.75, 3.05) is 14.2 Å². The van der Waals surface area contributed by atoms with Gasteiger partial charge in [0.15, 0.2) is 0 Å². The summed E-state index contributed by atoms with van der Waals surface area (Å²) in [5, 5.41) is 2.74. The molecule has 1 atom stereocenters. The lowest BCUT2D eigenvalue weighted by atomic mass is 10.4. The number of hydrogen-bond acceptors (Lipinski definition) is 3. The predicted molar refractivity (Wildman–Crippen MR) is 32.7 cm³/mol. The SMILES string of the molecule is CNC(C)C(=O)OC.[HH]. The van der Waals surface area contributed by atoms with Crippen LogP contribution in [-0.2, 0) is 9.53 Å². The minimum absolute atomic E-state index is 0. The van der Waals surface area contributed by atoms with Crippen LogP contribution in [0.25, 0.3) is 0 Å². The van der Waals surface area contributed by atoms with Crippen LogP contribution in [0.1, 0.15) is 8.35 Å². The van der Waals surface area contributed by atoms with Crippen molar-refractivity contribution in [3.05, 3.63) is 0 Å². The fourth-order valence-corrected chi connectivity index (χ4v) is 0.295. The fraction of sp³-hybridized carbons (Fsp3) is 0.800. The molecule has 0 radical (unpaired) electrons. The summed E-state index contributed by atoms with van der Waals surface area (Å²) in [6.07, 6.45) is 0. The van der Waals surface area contributed by atoms with Crippen LogP contribution in [0.5, 0.6) is 0 Å². The molecule has 50 valence electrons. The van der Waals surface area contributed by atoms with Crippen LogP contribution in [0.3, 0.4) is 0 Å². The Morgan fingerprint density at radius 2 is 2.38 bits per heavy atom. The van der Waals surface area contributed by atoms with Crippen molar-refractivity contribution >= 4 is 5.97 Å². The second kappa shape index (κ2) is 3.43. The Hall–Kier alpha value is -0.570. The molecule has 0 fully saturated rings. The molecule has 0 aliphatic carbocycles. The summed E-state index contributed by atoms with van der Waals surface area (Å²) in [5.74, 6) is -0.229. The number of esters is 1. The molecule has 8 heavy (non-hydrogen) atoms. The molecule has 0 aromatic carbocycles. The first-order chi connectivity index (χ1) is 3.72. The molecule has 0 saturated carbocycles. The lowest BCUT2D eigenvalue weighted by Gasteiger charge is -2.04. The number of carbonyl (C=O) groups is 1. The quantitative estimate of drug-likeness (QED) is 0.520. The topological polar surface area (TPSA) is 38.3 Å². The van der Waals surface area contributed by atoms with Gasteiger partial charge in [-0.05, 0) is 14.0 Å². The zero-order valence-electron chi connectivity index (χ0n) is 5.39. The highest BCUT2D eigenvalue weighted by molar-refractivity contribution is 5.74. The van der Waals surface area contributed by atoms with Crippen molar-refractivity contribution in [1.29, 1.82) is 0 Å². The van der Waals surface area contributed by atoms with Crippen LogP contribution in [0.15, 0.2) is 0 Å². The van der Waals surface area contributed by atoms with Crippen LogP contribution in [0.4, 0.5) is 0 Å². The van der Waals surface area contributed by atoms with Crippen molar-refractivity contribution in [2.24, 2.45) is 0 Å². The molecule has 1 N–H and O–H groups in total. The van der Waals surface area contributed by atoms with Gasteiger partial charge in [-0.1, -0.05) is 0 Å². The Balaban J connectivity index is 0. The van der Waals surface area contributed by atoms with Gasteiger partial charge in [-0.25, -0.2) is 0 Å². The van der Waals surface area contributed by atoms with Crippen LogP contribution in [-0.4, -0.2) is 26.2 Å². The third-order valence-corrected chi connectivity index (χ3v) is 0.988. The maximum atomic E-state index is 10.5. The molecule has 3 nitrogen and oxygen atoms in total. The molecular weight excluding hydrogens is 106 g/mol. The molecule has 0 aromatic rings. The van der Waals surface area contributed by atoms with E-state index < -0.39 is 0 Å². The van der Waals surface area contributed by atoms with E-state index in [1.54, 1.807) is 14.0 Å². The normalized spacial score (nSPS) is 12.9. The summed E-state index contributed by atoms with van der Waals surface area (Å²) in [5.41, 5.74) is 0. The molecule has 0 amide bonds. The van der Waals surface area contributed by atoms with E-state index in [1.807, 2.05) is 0 Å². The Bertz CT molecular complexity index is 87.0. The Kier molecular flexibility index (Phi) is 3.19. The standard InChI is InChI=1S/C5H11NO2.H2/c1-4(6-2)5(7)8-3;/h4,6H,1-3H3;1H. The van der Waals surface area contributed by atoms with Gasteiger partial charge in [-0.3, -0.25) is 4.79 Å². The third kappa shape index (κ3) is 1.93. The molecule has 0 aliphatic heterocycles. The molecule has 3 heteroatoms. The first-order valence-electron chi connectivity index (χ1n) is 2.47. The van der Waals surface area contributed by atoms with Gasteiger partial charge < -0.3 is 10.1 Å². The third-order valence-electron chi connectivity index (χ3n) is 0.988. The summed E-state index contributed by atoms with van der Waals surface area (Å²) in [7, 11) is 3.08. The van der Waals surface area contributed by atoms with Crippen molar-refractivity contribution in [3.63, 3.8) is 0 Å². The highest BCUT2D eigenvalue weighted by atomic mass is 16.5. The molecular formula is C5H13NO2. The zero-order chi connectivity index (χ0) is 6.57. The van der Waals surface area contributed by atoms with Gasteiger partial charge in [0.2, 0.25) is 0 Å². The average Bonchev–Trinajstić information content (AvgIpc) is 1.84. The molecule has 1 unspecified atom stereocenters. The van der Waals surface area contributed by atoms with E-state index in [-0.39, 0.29) is 13.4 Å². The highest BCUT2D eigenvalue weighted by Gasteiger charge is 2.07. The predicted octanol–water partition coefficient (Wildman–Crippen LogP) is 0.0133. The lowest BCUT2D eigenvalue weighted by molar-refractivity contribution is -0.142. The molecule has 0 spiro atoms. The smallest absolute Gasteiger partial charge is 0.322 e. The fourth-order valence-electron chi connectivity index (χ4n) is 0.295. The van der Waals surface area contributed by atoms with E-state index in [1.165, 1.54) is 7.11 Å². The monoisotopic (exact) mass is 119 g/mol. The van der Waals surface area contributed by atoms with E-state index in [0.29, 0.717) is 0 Å². The minimum atomic E-state index is -0.229. The van der Waals surface area contributed by atoms with Crippen LogP contribution >= 0.6 is 0 Å². The van der Waals surface area contributed by atoms with Gasteiger partial charge in [0.05, 0.1) is 7.11 Å². The summed E-state index contributed by atoms with van der Waals surface area (Å²) in [6, 6.07) is -0.194. The Labute approximate surface area is 50.5 Å². The van der Waals surface area contributed by atoms with E-state index in [0.717, 1.165) is 0 Å². The Morgan fingerprint density at radius 1 is 1.88 bits per heavy atom. The maximum Gasteiger partial charge on any atom is 0.322 e. The second-order valence-corrected chi connectivity index (χ2v) is 1.53. The number of ether oxygens (including phenoxy) is 1. The summed E-state index contributed by atoms with van der Waals surface area (Å²) in [6.45, 7) is 1.74. The van der Waals surface area contributed by atoms with Gasteiger partial charge in [-0.2, -0.15) is 0 Å². The van der Waals surface area contributed by atoms with E-state index in [9.17, 15) is 4.79 Å². The highest BCUT2D eigenvalue weighted by Crippen LogP contribution is 1.81. The van der Waals surface area contributed by atoms with Gasteiger partial charge in [0.1, 0.15) is 6.04 Å². The van der Waals surface area contributed by atoms with Gasteiger partial charge in [0.25, 0.3) is 0 Å². The van der Waals surface area contributed by atoms with Gasteiger partial charge >= 0.3 is 5.97 Å². The van der Waals surface area contributed by atoms with Crippen LogP contribution in [0, 0.1) is 0 Å². The first-order valence-corrected chi connectivity index (χ1v) is 2.47.